The summed E-state index contributed by atoms with van der Waals surface area (Å²) in [5, 5.41) is 22.0. The second-order valence-electron chi connectivity index (χ2n) is 5.29. The van der Waals surface area contributed by atoms with E-state index in [2.05, 4.69) is 5.32 Å². The summed E-state index contributed by atoms with van der Waals surface area (Å²) in [5.41, 5.74) is 0.716. The average molecular weight is 253 g/mol. The number of benzene rings is 1. The quantitative estimate of drug-likeness (QED) is 0.754. The molecule has 0 aliphatic heterocycles. The molecule has 4 heteroatoms. The summed E-state index contributed by atoms with van der Waals surface area (Å²) in [4.78, 5) is 0. The topological polar surface area (TPSA) is 52.5 Å². The van der Waals surface area contributed by atoms with E-state index in [4.69, 9.17) is 0 Å². The van der Waals surface area contributed by atoms with Crippen molar-refractivity contribution in [3.05, 3.63) is 29.6 Å². The Morgan fingerprint density at radius 3 is 2.56 bits per heavy atom. The highest BCUT2D eigenvalue weighted by Crippen LogP contribution is 2.36. The van der Waals surface area contributed by atoms with Crippen LogP contribution in [0.5, 0.6) is 5.75 Å². The Balaban J connectivity index is 1.87. The fraction of sp³-hybridized carbons (Fsp3) is 0.571. The van der Waals surface area contributed by atoms with Gasteiger partial charge in [0.1, 0.15) is 11.6 Å². The molecule has 0 amide bonds. The number of halogens is 1. The highest BCUT2D eigenvalue weighted by atomic mass is 19.1. The van der Waals surface area contributed by atoms with Gasteiger partial charge < -0.3 is 15.5 Å². The highest BCUT2D eigenvalue weighted by molar-refractivity contribution is 5.28. The number of phenolic OH excluding ortho intramolecular Hbond substituents is 1. The molecule has 18 heavy (non-hydrogen) atoms. The molecular weight excluding hydrogens is 233 g/mol. The summed E-state index contributed by atoms with van der Waals surface area (Å²) < 4.78 is 13.1. The van der Waals surface area contributed by atoms with Crippen LogP contribution in [0.15, 0.2) is 18.2 Å². The molecule has 1 aromatic carbocycles. The Labute approximate surface area is 107 Å². The molecule has 0 bridgehead atoms. The third kappa shape index (κ3) is 3.21. The van der Waals surface area contributed by atoms with E-state index in [1.165, 1.54) is 18.9 Å². The Bertz CT molecular complexity index is 383. The lowest BCUT2D eigenvalue weighted by Crippen LogP contribution is -2.34. The summed E-state index contributed by atoms with van der Waals surface area (Å²) in [5.74, 6) is -0.478. The molecule has 0 radical (unpaired) electrons. The van der Waals surface area contributed by atoms with Gasteiger partial charge in [0.15, 0.2) is 0 Å². The Hall–Kier alpha value is -1.13. The lowest BCUT2D eigenvalue weighted by atomic mass is 9.87. The first-order valence-electron chi connectivity index (χ1n) is 6.44. The molecule has 1 aliphatic carbocycles. The average Bonchev–Trinajstić information content (AvgIpc) is 2.77. The van der Waals surface area contributed by atoms with Gasteiger partial charge in [0.25, 0.3) is 0 Å². The minimum absolute atomic E-state index is 0.00459. The molecule has 0 heterocycles. The van der Waals surface area contributed by atoms with Crippen LogP contribution in [0.2, 0.25) is 0 Å². The monoisotopic (exact) mass is 253 g/mol. The van der Waals surface area contributed by atoms with Crippen LogP contribution in [0.3, 0.4) is 0 Å². The number of nitrogens with one attached hydrogen (secondary N) is 1. The second kappa shape index (κ2) is 5.67. The third-order valence-corrected chi connectivity index (χ3v) is 3.77. The highest BCUT2D eigenvalue weighted by Gasteiger charge is 2.32. The molecule has 1 aliphatic rings. The normalized spacial score (nSPS) is 18.1. The Morgan fingerprint density at radius 2 is 1.94 bits per heavy atom. The summed E-state index contributed by atoms with van der Waals surface area (Å²) in [7, 11) is 0. The van der Waals surface area contributed by atoms with E-state index < -0.39 is 5.82 Å². The first-order valence-corrected chi connectivity index (χ1v) is 6.44. The number of hydrogen-bond donors (Lipinski definition) is 3. The molecule has 3 nitrogen and oxygen atoms in total. The van der Waals surface area contributed by atoms with Gasteiger partial charge in [-0.2, -0.15) is 0 Å². The molecule has 1 saturated carbocycles. The number of aliphatic hydroxyl groups is 1. The Morgan fingerprint density at radius 1 is 1.22 bits per heavy atom. The largest absolute Gasteiger partial charge is 0.508 e. The third-order valence-electron chi connectivity index (χ3n) is 3.77. The van der Waals surface area contributed by atoms with Crippen molar-refractivity contribution in [2.45, 2.75) is 32.2 Å². The van der Waals surface area contributed by atoms with Crippen molar-refractivity contribution in [3.8, 4) is 5.75 Å². The van der Waals surface area contributed by atoms with Crippen LogP contribution in [0.1, 0.15) is 31.2 Å². The SMILES string of the molecule is OCC1(CNCc2cc(O)cc(F)c2)CCCC1. The maximum Gasteiger partial charge on any atom is 0.127 e. The zero-order valence-corrected chi connectivity index (χ0v) is 10.5. The summed E-state index contributed by atoms with van der Waals surface area (Å²) in [6, 6.07) is 4.05. The van der Waals surface area contributed by atoms with Crippen molar-refractivity contribution < 1.29 is 14.6 Å². The fourth-order valence-electron chi connectivity index (χ4n) is 2.72. The van der Waals surface area contributed by atoms with Crippen LogP contribution in [-0.4, -0.2) is 23.4 Å². The number of rotatable bonds is 5. The van der Waals surface area contributed by atoms with Crippen LogP contribution in [0.4, 0.5) is 4.39 Å². The number of aliphatic hydroxyl groups excluding tert-OH is 1. The lowest BCUT2D eigenvalue weighted by molar-refractivity contribution is 0.128. The van der Waals surface area contributed by atoms with Crippen LogP contribution >= 0.6 is 0 Å². The van der Waals surface area contributed by atoms with Crippen LogP contribution in [0, 0.1) is 11.2 Å². The minimum atomic E-state index is -0.426. The van der Waals surface area contributed by atoms with E-state index in [1.807, 2.05) is 0 Å². The summed E-state index contributed by atoms with van der Waals surface area (Å²) in [6.45, 7) is 1.45. The maximum atomic E-state index is 13.1. The van der Waals surface area contributed by atoms with E-state index in [9.17, 15) is 14.6 Å². The standard InChI is InChI=1S/C14H20FNO2/c15-12-5-11(6-13(18)7-12)8-16-9-14(10-17)3-1-2-4-14/h5-7,16-18H,1-4,8-10H2. The fourth-order valence-corrected chi connectivity index (χ4v) is 2.72. The summed E-state index contributed by atoms with van der Waals surface area (Å²) >= 11 is 0. The predicted molar refractivity (Wildman–Crippen MR) is 67.8 cm³/mol. The lowest BCUT2D eigenvalue weighted by Gasteiger charge is -2.26. The van der Waals surface area contributed by atoms with E-state index in [0.717, 1.165) is 31.0 Å². The van der Waals surface area contributed by atoms with Crippen molar-refractivity contribution in [2.75, 3.05) is 13.2 Å². The zero-order valence-electron chi connectivity index (χ0n) is 10.5. The van der Waals surface area contributed by atoms with Gasteiger partial charge in [-0.15, -0.1) is 0 Å². The second-order valence-corrected chi connectivity index (χ2v) is 5.29. The molecule has 100 valence electrons. The number of phenols is 1. The van der Waals surface area contributed by atoms with Crippen molar-refractivity contribution in [3.63, 3.8) is 0 Å². The molecule has 1 fully saturated rings. The molecule has 3 N–H and O–H groups in total. The van der Waals surface area contributed by atoms with Gasteiger partial charge in [-0.1, -0.05) is 12.8 Å². The van der Waals surface area contributed by atoms with Crippen LogP contribution in [-0.2, 0) is 6.54 Å². The van der Waals surface area contributed by atoms with E-state index in [1.54, 1.807) is 6.07 Å². The molecule has 1 aromatic rings. The molecule has 2 rings (SSSR count). The van der Waals surface area contributed by atoms with Gasteiger partial charge in [0.05, 0.1) is 0 Å². The Kier molecular flexibility index (Phi) is 4.19. The maximum absolute atomic E-state index is 13.1. The molecule has 0 saturated heterocycles. The molecular formula is C14H20FNO2. The summed E-state index contributed by atoms with van der Waals surface area (Å²) in [6.07, 6.45) is 4.43. The van der Waals surface area contributed by atoms with Crippen molar-refractivity contribution in [2.24, 2.45) is 5.41 Å². The van der Waals surface area contributed by atoms with Gasteiger partial charge in [-0.25, -0.2) is 4.39 Å². The first kappa shape index (κ1) is 13.3. The smallest absolute Gasteiger partial charge is 0.127 e. The van der Waals surface area contributed by atoms with Gasteiger partial charge >= 0.3 is 0 Å². The van der Waals surface area contributed by atoms with E-state index in [-0.39, 0.29) is 17.8 Å². The van der Waals surface area contributed by atoms with Crippen LogP contribution in [0.25, 0.3) is 0 Å². The van der Waals surface area contributed by atoms with Crippen molar-refractivity contribution in [1.29, 1.82) is 0 Å². The predicted octanol–water partition coefficient (Wildman–Crippen LogP) is 2.17. The van der Waals surface area contributed by atoms with Crippen molar-refractivity contribution in [1.82, 2.24) is 5.32 Å². The molecule has 0 spiro atoms. The molecule has 0 unspecified atom stereocenters. The van der Waals surface area contributed by atoms with Gasteiger partial charge in [0, 0.05) is 31.2 Å². The number of aromatic hydroxyl groups is 1. The minimum Gasteiger partial charge on any atom is -0.508 e. The number of hydrogen-bond acceptors (Lipinski definition) is 3. The van der Waals surface area contributed by atoms with E-state index >= 15 is 0 Å². The van der Waals surface area contributed by atoms with Gasteiger partial charge in [-0.3, -0.25) is 0 Å². The van der Waals surface area contributed by atoms with Crippen LogP contribution < -0.4 is 5.32 Å². The van der Waals surface area contributed by atoms with Crippen molar-refractivity contribution >= 4 is 0 Å². The zero-order chi connectivity index (χ0) is 13.0. The van der Waals surface area contributed by atoms with Gasteiger partial charge in [-0.05, 0) is 30.5 Å². The van der Waals surface area contributed by atoms with Gasteiger partial charge in [0.2, 0.25) is 0 Å². The van der Waals surface area contributed by atoms with E-state index in [0.29, 0.717) is 6.54 Å². The molecule has 0 atom stereocenters. The first-order chi connectivity index (χ1) is 8.63. The molecule has 0 aromatic heterocycles.